The van der Waals surface area contributed by atoms with E-state index in [2.05, 4.69) is 23.2 Å². The van der Waals surface area contributed by atoms with Crippen LogP contribution in [0.3, 0.4) is 0 Å². The van der Waals surface area contributed by atoms with Crippen molar-refractivity contribution in [1.82, 2.24) is 10.2 Å². The van der Waals surface area contributed by atoms with Gasteiger partial charge in [0.2, 0.25) is 0 Å². The average molecular weight is 297 g/mol. The van der Waals surface area contributed by atoms with Crippen molar-refractivity contribution in [2.24, 2.45) is 0 Å². The number of ether oxygens (including phenoxy) is 1. The number of hydrogen-bond donors (Lipinski definition) is 1. The molecule has 0 unspecified atom stereocenters. The van der Waals surface area contributed by atoms with Gasteiger partial charge in [0.15, 0.2) is 0 Å². The molecule has 0 aromatic heterocycles. The number of rotatable bonds is 3. The molecule has 2 aliphatic heterocycles. The fraction of sp³-hybridized carbons (Fsp3) is 0.533. The highest BCUT2D eigenvalue weighted by atomic mass is 35.5. The van der Waals surface area contributed by atoms with Crippen molar-refractivity contribution >= 4 is 18.4 Å². The summed E-state index contributed by atoms with van der Waals surface area (Å²) in [5.41, 5.74) is 4.42. The lowest BCUT2D eigenvalue weighted by molar-refractivity contribution is 0.0535. The first-order valence-electron chi connectivity index (χ1n) is 6.97. The van der Waals surface area contributed by atoms with E-state index in [1.54, 1.807) is 0 Å². The molecule has 1 aromatic carbocycles. The Bertz CT molecular complexity index is 499. The number of nitrogens with one attached hydrogen (secondary N) is 1. The molecule has 4 nitrogen and oxygen atoms in total. The molecule has 0 aliphatic carbocycles. The van der Waals surface area contributed by atoms with Crippen LogP contribution >= 0.6 is 12.4 Å². The summed E-state index contributed by atoms with van der Waals surface area (Å²) in [4.78, 5) is 14.0. The lowest BCUT2D eigenvalue weighted by Crippen LogP contribution is -2.44. The SMILES string of the molecule is Cc1c(CCN2CCNCC2)ccc2c1COC2=O.Cl. The number of carbonyl (C=O) groups excluding carboxylic acids is 1. The van der Waals surface area contributed by atoms with Gasteiger partial charge >= 0.3 is 5.97 Å². The number of hydrogen-bond acceptors (Lipinski definition) is 4. The number of piperazine rings is 1. The van der Waals surface area contributed by atoms with Crippen LogP contribution in [0.2, 0.25) is 0 Å². The number of halogens is 1. The minimum Gasteiger partial charge on any atom is -0.457 e. The number of cyclic esters (lactones) is 1. The lowest BCUT2D eigenvalue weighted by Gasteiger charge is -2.27. The zero-order chi connectivity index (χ0) is 13.2. The standard InChI is InChI=1S/C15H20N2O2.ClH/c1-11-12(4-7-17-8-5-16-6-9-17)2-3-13-14(11)10-19-15(13)18;/h2-3,16H,4-10H2,1H3;1H. The number of fused-ring (bicyclic) bond motifs is 1. The van der Waals surface area contributed by atoms with Gasteiger partial charge in [0.25, 0.3) is 0 Å². The van der Waals surface area contributed by atoms with Gasteiger partial charge in [-0.1, -0.05) is 6.07 Å². The molecule has 1 aromatic rings. The van der Waals surface area contributed by atoms with Crippen molar-refractivity contribution in [3.63, 3.8) is 0 Å². The van der Waals surface area contributed by atoms with Crippen molar-refractivity contribution in [2.75, 3.05) is 32.7 Å². The Morgan fingerprint density at radius 1 is 1.30 bits per heavy atom. The van der Waals surface area contributed by atoms with E-state index in [1.165, 1.54) is 11.1 Å². The molecule has 1 saturated heterocycles. The van der Waals surface area contributed by atoms with E-state index in [-0.39, 0.29) is 18.4 Å². The lowest BCUT2D eigenvalue weighted by atomic mass is 9.96. The number of esters is 1. The van der Waals surface area contributed by atoms with Crippen molar-refractivity contribution in [1.29, 1.82) is 0 Å². The molecule has 0 amide bonds. The molecular weight excluding hydrogens is 276 g/mol. The highest BCUT2D eigenvalue weighted by molar-refractivity contribution is 5.93. The van der Waals surface area contributed by atoms with E-state index in [0.717, 1.165) is 50.3 Å². The molecule has 2 aliphatic rings. The molecule has 0 radical (unpaired) electrons. The second kappa shape index (κ2) is 6.57. The first-order valence-corrected chi connectivity index (χ1v) is 6.97. The van der Waals surface area contributed by atoms with E-state index in [1.807, 2.05) is 6.07 Å². The van der Waals surface area contributed by atoms with Gasteiger partial charge in [-0.3, -0.25) is 0 Å². The monoisotopic (exact) mass is 296 g/mol. The zero-order valence-electron chi connectivity index (χ0n) is 11.8. The first kappa shape index (κ1) is 15.3. The van der Waals surface area contributed by atoms with Crippen molar-refractivity contribution < 1.29 is 9.53 Å². The van der Waals surface area contributed by atoms with Crippen molar-refractivity contribution in [2.45, 2.75) is 20.0 Å². The van der Waals surface area contributed by atoms with E-state index in [9.17, 15) is 4.79 Å². The van der Waals surface area contributed by atoms with Gasteiger partial charge in [-0.2, -0.15) is 0 Å². The fourth-order valence-electron chi connectivity index (χ4n) is 2.88. The predicted molar refractivity (Wildman–Crippen MR) is 80.6 cm³/mol. The van der Waals surface area contributed by atoms with Crippen LogP contribution < -0.4 is 5.32 Å². The Labute approximate surface area is 125 Å². The maximum absolute atomic E-state index is 11.5. The summed E-state index contributed by atoms with van der Waals surface area (Å²) in [6, 6.07) is 4.01. The zero-order valence-corrected chi connectivity index (χ0v) is 12.6. The molecule has 0 atom stereocenters. The molecule has 1 fully saturated rings. The average Bonchev–Trinajstić information content (AvgIpc) is 2.82. The van der Waals surface area contributed by atoms with Crippen LogP contribution in [0.15, 0.2) is 12.1 Å². The van der Waals surface area contributed by atoms with Crippen LogP contribution in [0.5, 0.6) is 0 Å². The molecule has 2 heterocycles. The summed E-state index contributed by atoms with van der Waals surface area (Å²) in [6.07, 6.45) is 1.05. The Kier molecular flexibility index (Phi) is 5.02. The topological polar surface area (TPSA) is 41.6 Å². The summed E-state index contributed by atoms with van der Waals surface area (Å²) in [5.74, 6) is -0.174. The van der Waals surface area contributed by atoms with E-state index in [4.69, 9.17) is 4.74 Å². The molecular formula is C15H21ClN2O2. The number of nitrogens with zero attached hydrogens (tertiary/aromatic N) is 1. The van der Waals surface area contributed by atoms with Gasteiger partial charge in [0.1, 0.15) is 6.61 Å². The maximum Gasteiger partial charge on any atom is 0.338 e. The minimum atomic E-state index is -0.174. The Balaban J connectivity index is 0.00000147. The largest absolute Gasteiger partial charge is 0.457 e. The van der Waals surface area contributed by atoms with Crippen LogP contribution in [-0.2, 0) is 17.8 Å². The highest BCUT2D eigenvalue weighted by Crippen LogP contribution is 2.26. The maximum atomic E-state index is 11.5. The van der Waals surface area contributed by atoms with Gasteiger partial charge in [0.05, 0.1) is 5.56 Å². The van der Waals surface area contributed by atoms with Gasteiger partial charge in [0, 0.05) is 38.3 Å². The second-order valence-electron chi connectivity index (χ2n) is 5.29. The third-order valence-corrected chi connectivity index (χ3v) is 4.19. The van der Waals surface area contributed by atoms with Crippen LogP contribution in [-0.4, -0.2) is 43.6 Å². The third kappa shape index (κ3) is 2.97. The molecule has 110 valence electrons. The molecule has 0 saturated carbocycles. The second-order valence-corrected chi connectivity index (χ2v) is 5.29. The fourth-order valence-corrected chi connectivity index (χ4v) is 2.88. The smallest absolute Gasteiger partial charge is 0.338 e. The van der Waals surface area contributed by atoms with Gasteiger partial charge < -0.3 is 15.0 Å². The molecule has 0 spiro atoms. The summed E-state index contributed by atoms with van der Waals surface area (Å²) >= 11 is 0. The molecule has 3 rings (SSSR count). The highest BCUT2D eigenvalue weighted by Gasteiger charge is 2.23. The van der Waals surface area contributed by atoms with Crippen LogP contribution in [0, 0.1) is 6.92 Å². The summed E-state index contributed by atoms with van der Waals surface area (Å²) in [6.45, 7) is 8.08. The summed E-state index contributed by atoms with van der Waals surface area (Å²) < 4.78 is 5.10. The van der Waals surface area contributed by atoms with Crippen LogP contribution in [0.4, 0.5) is 0 Å². The van der Waals surface area contributed by atoms with E-state index in [0.29, 0.717) is 6.61 Å². The Morgan fingerprint density at radius 2 is 2.05 bits per heavy atom. The number of benzene rings is 1. The summed E-state index contributed by atoms with van der Waals surface area (Å²) in [5, 5.41) is 3.37. The van der Waals surface area contributed by atoms with Gasteiger partial charge in [-0.15, -0.1) is 12.4 Å². The molecule has 1 N–H and O–H groups in total. The van der Waals surface area contributed by atoms with Crippen molar-refractivity contribution in [3.05, 3.63) is 34.4 Å². The van der Waals surface area contributed by atoms with Gasteiger partial charge in [-0.25, -0.2) is 4.79 Å². The van der Waals surface area contributed by atoms with Crippen LogP contribution in [0.1, 0.15) is 27.0 Å². The van der Waals surface area contributed by atoms with Crippen molar-refractivity contribution in [3.8, 4) is 0 Å². The molecule has 0 bridgehead atoms. The van der Waals surface area contributed by atoms with Gasteiger partial charge in [-0.05, 0) is 30.5 Å². The van der Waals surface area contributed by atoms with Crippen LogP contribution in [0.25, 0.3) is 0 Å². The van der Waals surface area contributed by atoms with E-state index < -0.39 is 0 Å². The Morgan fingerprint density at radius 3 is 2.80 bits per heavy atom. The Hall–Kier alpha value is -1.10. The normalized spacial score (nSPS) is 18.4. The molecule has 20 heavy (non-hydrogen) atoms. The molecule has 5 heteroatoms. The first-order chi connectivity index (χ1) is 9.25. The minimum absolute atomic E-state index is 0. The summed E-state index contributed by atoms with van der Waals surface area (Å²) in [7, 11) is 0. The van der Waals surface area contributed by atoms with E-state index >= 15 is 0 Å². The quantitative estimate of drug-likeness (QED) is 0.859. The number of carbonyl (C=O) groups is 1. The third-order valence-electron chi connectivity index (χ3n) is 4.19. The predicted octanol–water partition coefficient (Wildman–Crippen LogP) is 1.53.